The molecule has 0 aliphatic heterocycles. The quantitative estimate of drug-likeness (QED) is 0.179. The zero-order chi connectivity index (χ0) is 24.9. The standard InChI is InChI=1S/C25H19N5O5/c1-29-21-10-6-5-9-19(21)22(25(29)33)27-28-24(32)20(26-23(31)17-7-3-2-4-8-17)15-16-11-13-18(14-12-16)30(34)35/h2-15,33H,1H3,(H,26,31). The fraction of sp³-hybridized carbons (Fsp3) is 0.0400. The molecule has 0 aliphatic carbocycles. The average molecular weight is 469 g/mol. The number of nitro benzene ring substituents is 1. The molecule has 4 rings (SSSR count). The second-order valence-electron chi connectivity index (χ2n) is 7.48. The normalized spacial score (nSPS) is 11.6. The number of azo groups is 1. The highest BCUT2D eigenvalue weighted by molar-refractivity contribution is 6.05. The summed E-state index contributed by atoms with van der Waals surface area (Å²) in [4.78, 5) is 36.0. The van der Waals surface area contributed by atoms with Crippen LogP contribution in [0.5, 0.6) is 5.88 Å². The largest absolute Gasteiger partial charge is 0.493 e. The Morgan fingerprint density at radius 2 is 1.66 bits per heavy atom. The molecule has 174 valence electrons. The molecule has 0 bridgehead atoms. The summed E-state index contributed by atoms with van der Waals surface area (Å²) >= 11 is 0. The number of fused-ring (bicyclic) bond motifs is 1. The fourth-order valence-electron chi connectivity index (χ4n) is 3.40. The third-order valence-corrected chi connectivity index (χ3v) is 5.22. The first-order chi connectivity index (χ1) is 16.8. The van der Waals surface area contributed by atoms with E-state index in [2.05, 4.69) is 15.5 Å². The van der Waals surface area contributed by atoms with Crippen molar-refractivity contribution >= 4 is 40.2 Å². The Morgan fingerprint density at radius 3 is 2.34 bits per heavy atom. The van der Waals surface area contributed by atoms with Crippen molar-refractivity contribution in [1.82, 2.24) is 9.88 Å². The predicted octanol–water partition coefficient (Wildman–Crippen LogP) is 4.87. The summed E-state index contributed by atoms with van der Waals surface area (Å²) in [6, 6.07) is 20.8. The monoisotopic (exact) mass is 469 g/mol. The van der Waals surface area contributed by atoms with Crippen LogP contribution in [-0.4, -0.2) is 26.4 Å². The second kappa shape index (κ2) is 9.79. The van der Waals surface area contributed by atoms with E-state index in [0.717, 1.165) is 0 Å². The predicted molar refractivity (Wildman–Crippen MR) is 129 cm³/mol. The van der Waals surface area contributed by atoms with Crippen molar-refractivity contribution in [2.24, 2.45) is 17.3 Å². The van der Waals surface area contributed by atoms with E-state index in [-0.39, 0.29) is 23.0 Å². The molecule has 2 N–H and O–H groups in total. The molecule has 1 aromatic heterocycles. The molecule has 3 aromatic carbocycles. The number of nitro groups is 1. The number of carbonyl (C=O) groups excluding carboxylic acids is 2. The van der Waals surface area contributed by atoms with E-state index in [1.807, 2.05) is 0 Å². The smallest absolute Gasteiger partial charge is 0.311 e. The van der Waals surface area contributed by atoms with Gasteiger partial charge >= 0.3 is 5.91 Å². The third kappa shape index (κ3) is 4.96. The van der Waals surface area contributed by atoms with Gasteiger partial charge in [0.1, 0.15) is 5.70 Å². The first-order valence-electron chi connectivity index (χ1n) is 10.4. The minimum absolute atomic E-state index is 0.112. The van der Waals surface area contributed by atoms with Crippen LogP contribution in [-0.2, 0) is 11.8 Å². The van der Waals surface area contributed by atoms with Gasteiger partial charge in [0.15, 0.2) is 5.69 Å². The second-order valence-corrected chi connectivity index (χ2v) is 7.48. The lowest BCUT2D eigenvalue weighted by Gasteiger charge is -2.07. The number of para-hydroxylation sites is 1. The number of hydrogen-bond donors (Lipinski definition) is 2. The zero-order valence-corrected chi connectivity index (χ0v) is 18.5. The highest BCUT2D eigenvalue weighted by atomic mass is 16.6. The molecule has 4 aromatic rings. The van der Waals surface area contributed by atoms with Crippen molar-refractivity contribution in [3.63, 3.8) is 0 Å². The van der Waals surface area contributed by atoms with Gasteiger partial charge < -0.3 is 15.0 Å². The van der Waals surface area contributed by atoms with Crippen molar-refractivity contribution in [3.05, 3.63) is 106 Å². The van der Waals surface area contributed by atoms with Crippen LogP contribution in [0.1, 0.15) is 15.9 Å². The van der Waals surface area contributed by atoms with Crippen LogP contribution < -0.4 is 5.32 Å². The van der Waals surface area contributed by atoms with E-state index >= 15 is 0 Å². The highest BCUT2D eigenvalue weighted by Crippen LogP contribution is 2.37. The summed E-state index contributed by atoms with van der Waals surface area (Å²) in [5.41, 5.74) is 1.24. The number of nitrogens with one attached hydrogen (secondary N) is 1. The van der Waals surface area contributed by atoms with Crippen LogP contribution in [0.3, 0.4) is 0 Å². The SMILES string of the molecule is Cn1c(O)c(N=NC(=O)C(=Cc2ccc([N+](=O)[O-])cc2)NC(=O)c2ccccc2)c2ccccc21. The Balaban J connectivity index is 1.69. The molecule has 0 spiro atoms. The van der Waals surface area contributed by atoms with Crippen LogP contribution >= 0.6 is 0 Å². The minimum Gasteiger partial charge on any atom is -0.493 e. The topological polar surface area (TPSA) is 139 Å². The lowest BCUT2D eigenvalue weighted by atomic mass is 10.1. The van der Waals surface area contributed by atoms with Crippen LogP contribution in [0.4, 0.5) is 11.4 Å². The van der Waals surface area contributed by atoms with Crippen molar-refractivity contribution in [1.29, 1.82) is 0 Å². The summed E-state index contributed by atoms with van der Waals surface area (Å²) < 4.78 is 1.51. The molecule has 35 heavy (non-hydrogen) atoms. The van der Waals surface area contributed by atoms with Gasteiger partial charge in [0, 0.05) is 30.1 Å². The summed E-state index contributed by atoms with van der Waals surface area (Å²) in [5.74, 6) is -1.59. The number of nitrogens with zero attached hydrogens (tertiary/aromatic N) is 4. The Bertz CT molecular complexity index is 1490. The third-order valence-electron chi connectivity index (χ3n) is 5.22. The molecule has 0 saturated carbocycles. The van der Waals surface area contributed by atoms with E-state index in [1.54, 1.807) is 61.6 Å². The lowest BCUT2D eigenvalue weighted by Crippen LogP contribution is -2.26. The molecule has 0 unspecified atom stereocenters. The molecule has 0 radical (unpaired) electrons. The molecule has 0 aliphatic rings. The number of aromatic nitrogens is 1. The van der Waals surface area contributed by atoms with Crippen LogP contribution in [0.25, 0.3) is 17.0 Å². The number of benzene rings is 3. The van der Waals surface area contributed by atoms with E-state index in [0.29, 0.717) is 22.0 Å². The number of rotatable bonds is 6. The Hall–Kier alpha value is -5.12. The first-order valence-corrected chi connectivity index (χ1v) is 10.4. The molecular weight excluding hydrogens is 450 g/mol. The van der Waals surface area contributed by atoms with E-state index < -0.39 is 16.7 Å². The van der Waals surface area contributed by atoms with Gasteiger partial charge in [0.2, 0.25) is 5.88 Å². The van der Waals surface area contributed by atoms with Crippen LogP contribution in [0.2, 0.25) is 0 Å². The number of carbonyl (C=O) groups is 2. The molecular formula is C25H19N5O5. The Morgan fingerprint density at radius 1 is 1.00 bits per heavy atom. The molecule has 0 fully saturated rings. The fourth-order valence-corrected chi connectivity index (χ4v) is 3.40. The first kappa shape index (κ1) is 23.1. The van der Waals surface area contributed by atoms with E-state index in [4.69, 9.17) is 0 Å². The average Bonchev–Trinajstić information content (AvgIpc) is 3.12. The van der Waals surface area contributed by atoms with Gasteiger partial charge in [-0.15, -0.1) is 10.2 Å². The van der Waals surface area contributed by atoms with Crippen molar-refractivity contribution in [3.8, 4) is 5.88 Å². The Kier molecular flexibility index (Phi) is 6.45. The van der Waals surface area contributed by atoms with Gasteiger partial charge in [0.25, 0.3) is 11.6 Å². The van der Waals surface area contributed by atoms with Crippen molar-refractivity contribution in [2.75, 3.05) is 0 Å². The van der Waals surface area contributed by atoms with E-state index in [1.165, 1.54) is 34.9 Å². The molecule has 10 nitrogen and oxygen atoms in total. The lowest BCUT2D eigenvalue weighted by molar-refractivity contribution is -0.384. The molecule has 2 amide bonds. The van der Waals surface area contributed by atoms with Gasteiger partial charge in [-0.2, -0.15) is 0 Å². The van der Waals surface area contributed by atoms with Gasteiger partial charge in [-0.3, -0.25) is 19.7 Å². The number of amides is 2. The molecule has 0 saturated heterocycles. The van der Waals surface area contributed by atoms with Crippen molar-refractivity contribution in [2.45, 2.75) is 0 Å². The minimum atomic E-state index is -0.875. The number of aromatic hydroxyl groups is 1. The maximum Gasteiger partial charge on any atom is 0.311 e. The summed E-state index contributed by atoms with van der Waals surface area (Å²) in [5, 5.41) is 32.2. The van der Waals surface area contributed by atoms with Gasteiger partial charge in [0.05, 0.1) is 10.4 Å². The van der Waals surface area contributed by atoms with Crippen LogP contribution in [0.15, 0.2) is 94.8 Å². The summed E-state index contributed by atoms with van der Waals surface area (Å²) in [7, 11) is 1.65. The zero-order valence-electron chi connectivity index (χ0n) is 18.5. The van der Waals surface area contributed by atoms with Gasteiger partial charge in [-0.25, -0.2) is 0 Å². The maximum absolute atomic E-state index is 13.0. The number of hydrogen-bond acceptors (Lipinski definition) is 6. The maximum atomic E-state index is 13.0. The molecule has 10 heteroatoms. The number of aryl methyl sites for hydroxylation is 1. The Labute approximate surface area is 199 Å². The van der Waals surface area contributed by atoms with Gasteiger partial charge in [-0.05, 0) is 42.0 Å². The number of non-ortho nitro benzene ring substituents is 1. The van der Waals surface area contributed by atoms with E-state index in [9.17, 15) is 24.8 Å². The van der Waals surface area contributed by atoms with Crippen LogP contribution in [0, 0.1) is 10.1 Å². The van der Waals surface area contributed by atoms with Crippen molar-refractivity contribution < 1.29 is 19.6 Å². The summed E-state index contributed by atoms with van der Waals surface area (Å²) in [6.07, 6.45) is 1.34. The molecule has 1 heterocycles. The van der Waals surface area contributed by atoms with Gasteiger partial charge in [-0.1, -0.05) is 36.4 Å². The highest BCUT2D eigenvalue weighted by Gasteiger charge is 2.17. The summed E-state index contributed by atoms with van der Waals surface area (Å²) in [6.45, 7) is 0. The molecule has 0 atom stereocenters.